The van der Waals surface area contributed by atoms with Crippen LogP contribution in [0.2, 0.25) is 0 Å². The summed E-state index contributed by atoms with van der Waals surface area (Å²) in [5.41, 5.74) is 2.31. The molecule has 3 N–H and O–H groups in total. The second-order valence-electron chi connectivity index (χ2n) is 4.85. The Morgan fingerprint density at radius 1 is 1.18 bits per heavy atom. The number of aryl methyl sites for hydroxylation is 1. The summed E-state index contributed by atoms with van der Waals surface area (Å²) in [5, 5.41) is 7.83. The van der Waals surface area contributed by atoms with Crippen molar-refractivity contribution in [1.82, 2.24) is 5.32 Å². The largest absolute Gasteiger partial charge is 0.348 e. The molecule has 5 nitrogen and oxygen atoms in total. The second kappa shape index (κ2) is 6.60. The molecule has 0 aliphatic carbocycles. The number of nitrogens with two attached hydrogens (primary N) is 1. The van der Waals surface area contributed by atoms with E-state index in [9.17, 15) is 13.2 Å². The summed E-state index contributed by atoms with van der Waals surface area (Å²) >= 11 is 3.24. The quantitative estimate of drug-likeness (QED) is 0.849. The van der Waals surface area contributed by atoms with Crippen molar-refractivity contribution >= 4 is 31.9 Å². The molecule has 0 fully saturated rings. The van der Waals surface area contributed by atoms with Gasteiger partial charge in [-0.2, -0.15) is 0 Å². The van der Waals surface area contributed by atoms with Crippen LogP contribution >= 0.6 is 15.9 Å². The topological polar surface area (TPSA) is 89.3 Å². The van der Waals surface area contributed by atoms with E-state index in [2.05, 4.69) is 21.2 Å². The summed E-state index contributed by atoms with van der Waals surface area (Å²) in [4.78, 5) is 12.1. The van der Waals surface area contributed by atoms with Crippen molar-refractivity contribution in [3.8, 4) is 0 Å². The molecular weight excluding hydrogens is 368 g/mol. The third kappa shape index (κ3) is 4.16. The van der Waals surface area contributed by atoms with Gasteiger partial charge in [0.05, 0.1) is 10.5 Å². The first kappa shape index (κ1) is 16.7. The van der Waals surface area contributed by atoms with Gasteiger partial charge < -0.3 is 5.32 Å². The number of hydrogen-bond acceptors (Lipinski definition) is 3. The zero-order valence-electron chi connectivity index (χ0n) is 11.8. The first-order chi connectivity index (χ1) is 10.3. The molecule has 22 heavy (non-hydrogen) atoms. The van der Waals surface area contributed by atoms with Gasteiger partial charge in [-0.15, -0.1) is 0 Å². The lowest BCUT2D eigenvalue weighted by atomic mass is 10.1. The van der Waals surface area contributed by atoms with Gasteiger partial charge in [0.1, 0.15) is 0 Å². The van der Waals surface area contributed by atoms with Crippen molar-refractivity contribution in [3.63, 3.8) is 0 Å². The predicted octanol–water partition coefficient (Wildman–Crippen LogP) is 2.33. The number of carbonyl (C=O) groups is 1. The number of halogens is 1. The molecule has 0 aliphatic rings. The maximum absolute atomic E-state index is 12.2. The zero-order chi connectivity index (χ0) is 16.3. The van der Waals surface area contributed by atoms with Gasteiger partial charge in [-0.25, -0.2) is 13.6 Å². The number of rotatable bonds is 4. The monoisotopic (exact) mass is 382 g/mol. The molecule has 0 radical (unpaired) electrons. The van der Waals surface area contributed by atoms with Crippen LogP contribution in [0.25, 0.3) is 0 Å². The number of nitrogens with one attached hydrogen (secondary N) is 1. The van der Waals surface area contributed by atoms with E-state index in [1.54, 1.807) is 0 Å². The summed E-state index contributed by atoms with van der Waals surface area (Å²) in [5.74, 6) is -0.377. The van der Waals surface area contributed by atoms with Crippen molar-refractivity contribution in [2.45, 2.75) is 18.4 Å². The Hall–Kier alpha value is -1.70. The first-order valence-electron chi connectivity index (χ1n) is 6.43. The molecule has 2 rings (SSSR count). The highest BCUT2D eigenvalue weighted by Crippen LogP contribution is 2.20. The van der Waals surface area contributed by atoms with E-state index in [1.807, 2.05) is 31.2 Å². The second-order valence-corrected chi connectivity index (χ2v) is 7.27. The molecule has 0 aliphatic heterocycles. The van der Waals surface area contributed by atoms with E-state index in [1.165, 1.54) is 18.2 Å². The van der Waals surface area contributed by atoms with Gasteiger partial charge in [-0.3, -0.25) is 4.79 Å². The van der Waals surface area contributed by atoms with Gasteiger partial charge in [0.25, 0.3) is 5.91 Å². The molecular formula is C15H15BrN2O3S. The van der Waals surface area contributed by atoms with Crippen molar-refractivity contribution in [2.24, 2.45) is 5.14 Å². The standard InChI is InChI=1S/C15H15BrN2O3S/c1-10-2-4-11(5-3-10)9-18-15(19)13-8-12(22(17,20)21)6-7-14(13)16/h2-8H,9H2,1H3,(H,18,19)(H2,17,20,21). The molecule has 0 atom stereocenters. The van der Waals surface area contributed by atoms with E-state index in [4.69, 9.17) is 5.14 Å². The lowest BCUT2D eigenvalue weighted by molar-refractivity contribution is 0.0950. The van der Waals surface area contributed by atoms with Gasteiger partial charge in [0, 0.05) is 11.0 Å². The number of hydrogen-bond donors (Lipinski definition) is 2. The van der Waals surface area contributed by atoms with Crippen LogP contribution in [0.1, 0.15) is 21.5 Å². The molecule has 0 bridgehead atoms. The van der Waals surface area contributed by atoms with Crippen LogP contribution in [0.15, 0.2) is 51.8 Å². The van der Waals surface area contributed by atoms with Crippen molar-refractivity contribution in [3.05, 3.63) is 63.6 Å². The minimum Gasteiger partial charge on any atom is -0.348 e. The summed E-state index contributed by atoms with van der Waals surface area (Å²) in [6.07, 6.45) is 0. The fourth-order valence-electron chi connectivity index (χ4n) is 1.84. The number of benzene rings is 2. The van der Waals surface area contributed by atoms with Crippen molar-refractivity contribution in [1.29, 1.82) is 0 Å². The Morgan fingerprint density at radius 3 is 2.41 bits per heavy atom. The van der Waals surface area contributed by atoms with Crippen molar-refractivity contribution in [2.75, 3.05) is 0 Å². The Bertz CT molecular complexity index is 802. The number of amides is 1. The molecule has 0 saturated carbocycles. The number of sulfonamides is 1. The molecule has 0 spiro atoms. The third-order valence-electron chi connectivity index (χ3n) is 3.08. The van der Waals surface area contributed by atoms with Crippen LogP contribution in [-0.4, -0.2) is 14.3 Å². The van der Waals surface area contributed by atoms with E-state index >= 15 is 0 Å². The number of carbonyl (C=O) groups excluding carboxylic acids is 1. The molecule has 0 unspecified atom stereocenters. The zero-order valence-corrected chi connectivity index (χ0v) is 14.2. The first-order valence-corrected chi connectivity index (χ1v) is 8.77. The minimum absolute atomic E-state index is 0.101. The van der Waals surface area contributed by atoms with E-state index in [-0.39, 0.29) is 16.4 Å². The van der Waals surface area contributed by atoms with Crippen LogP contribution in [-0.2, 0) is 16.6 Å². The molecule has 2 aromatic carbocycles. The van der Waals surface area contributed by atoms with Crippen LogP contribution in [0.3, 0.4) is 0 Å². The van der Waals surface area contributed by atoms with Crippen LogP contribution in [0, 0.1) is 6.92 Å². The molecule has 0 aromatic heterocycles. The maximum Gasteiger partial charge on any atom is 0.252 e. The maximum atomic E-state index is 12.2. The molecule has 2 aromatic rings. The smallest absolute Gasteiger partial charge is 0.252 e. The highest BCUT2D eigenvalue weighted by atomic mass is 79.9. The normalized spacial score (nSPS) is 11.2. The predicted molar refractivity (Wildman–Crippen MR) is 87.9 cm³/mol. The summed E-state index contributed by atoms with van der Waals surface area (Å²) in [7, 11) is -3.85. The van der Waals surface area contributed by atoms with E-state index in [0.29, 0.717) is 11.0 Å². The Labute approximate surface area is 137 Å². The van der Waals surface area contributed by atoms with E-state index in [0.717, 1.165) is 11.1 Å². The summed E-state index contributed by atoms with van der Waals surface area (Å²) in [6, 6.07) is 11.8. The van der Waals surface area contributed by atoms with Gasteiger partial charge in [0.2, 0.25) is 10.0 Å². The SMILES string of the molecule is Cc1ccc(CNC(=O)c2cc(S(N)(=O)=O)ccc2Br)cc1. The summed E-state index contributed by atoms with van der Waals surface area (Å²) in [6.45, 7) is 2.34. The summed E-state index contributed by atoms with van der Waals surface area (Å²) < 4.78 is 23.2. The third-order valence-corrected chi connectivity index (χ3v) is 4.69. The molecule has 0 saturated heterocycles. The Kier molecular flexibility index (Phi) is 5.00. The Balaban J connectivity index is 2.17. The molecule has 1 amide bonds. The van der Waals surface area contributed by atoms with Crippen LogP contribution in [0.4, 0.5) is 0 Å². The van der Waals surface area contributed by atoms with Crippen LogP contribution in [0.5, 0.6) is 0 Å². The fraction of sp³-hybridized carbons (Fsp3) is 0.133. The lowest BCUT2D eigenvalue weighted by Gasteiger charge is -2.09. The lowest BCUT2D eigenvalue weighted by Crippen LogP contribution is -2.24. The number of primary sulfonamides is 1. The average molecular weight is 383 g/mol. The average Bonchev–Trinajstić information content (AvgIpc) is 2.45. The Morgan fingerprint density at radius 2 is 1.82 bits per heavy atom. The van der Waals surface area contributed by atoms with E-state index < -0.39 is 10.0 Å². The van der Waals surface area contributed by atoms with Gasteiger partial charge in [-0.1, -0.05) is 29.8 Å². The van der Waals surface area contributed by atoms with Gasteiger partial charge >= 0.3 is 0 Å². The van der Waals surface area contributed by atoms with Crippen LogP contribution < -0.4 is 10.5 Å². The fourth-order valence-corrected chi connectivity index (χ4v) is 2.81. The highest BCUT2D eigenvalue weighted by molar-refractivity contribution is 9.10. The highest BCUT2D eigenvalue weighted by Gasteiger charge is 2.15. The molecule has 0 heterocycles. The van der Waals surface area contributed by atoms with Gasteiger partial charge in [-0.05, 0) is 46.6 Å². The van der Waals surface area contributed by atoms with Gasteiger partial charge in [0.15, 0.2) is 0 Å². The van der Waals surface area contributed by atoms with Crippen molar-refractivity contribution < 1.29 is 13.2 Å². The molecule has 116 valence electrons. The molecule has 7 heteroatoms. The minimum atomic E-state index is -3.85.